The lowest BCUT2D eigenvalue weighted by atomic mass is 9.60. The van der Waals surface area contributed by atoms with E-state index < -0.39 is 11.7 Å². The van der Waals surface area contributed by atoms with Crippen molar-refractivity contribution in [3.8, 4) is 0 Å². The lowest BCUT2D eigenvalue weighted by Gasteiger charge is -2.44. The summed E-state index contributed by atoms with van der Waals surface area (Å²) in [5, 5.41) is 20.2. The predicted octanol–water partition coefficient (Wildman–Crippen LogP) is 6.90. The number of aliphatic hydroxyl groups excluding tert-OH is 1. The fraction of sp³-hybridized carbons (Fsp3) is 0.714. The van der Waals surface area contributed by atoms with Crippen LogP contribution >= 0.6 is 0 Å². The van der Waals surface area contributed by atoms with Crippen LogP contribution in [0.5, 0.6) is 0 Å². The van der Waals surface area contributed by atoms with Gasteiger partial charge in [-0.15, -0.1) is 0 Å². The number of aliphatic hydroxyl groups is 2. The van der Waals surface area contributed by atoms with E-state index in [1.54, 1.807) is 5.57 Å². The normalized spacial score (nSPS) is 36.4. The first-order valence-corrected chi connectivity index (χ1v) is 12.2. The summed E-state index contributed by atoms with van der Waals surface area (Å²) in [4.78, 5) is 0. The Balaban J connectivity index is 1.69. The maximum atomic E-state index is 10.2. The van der Waals surface area contributed by atoms with Crippen LogP contribution < -0.4 is 0 Å². The van der Waals surface area contributed by atoms with Crippen LogP contribution in [0.2, 0.25) is 0 Å². The lowest BCUT2D eigenvalue weighted by Crippen LogP contribution is -2.36. The van der Waals surface area contributed by atoms with E-state index >= 15 is 0 Å². The van der Waals surface area contributed by atoms with Gasteiger partial charge in [0.05, 0.1) is 11.7 Å². The molecular formula is C28H44O2. The second-order valence-electron chi connectivity index (χ2n) is 11.4. The minimum atomic E-state index is -0.543. The first-order valence-electron chi connectivity index (χ1n) is 12.2. The zero-order valence-electron chi connectivity index (χ0n) is 19.8. The van der Waals surface area contributed by atoms with Crippen molar-refractivity contribution in [2.45, 2.75) is 104 Å². The van der Waals surface area contributed by atoms with Crippen LogP contribution in [0.3, 0.4) is 0 Å². The van der Waals surface area contributed by atoms with Crippen LogP contribution in [-0.4, -0.2) is 21.9 Å². The molecule has 2 N–H and O–H groups in total. The molecule has 2 heteroatoms. The third kappa shape index (κ3) is 5.19. The second-order valence-corrected chi connectivity index (χ2v) is 11.4. The van der Waals surface area contributed by atoms with Crippen molar-refractivity contribution < 1.29 is 10.2 Å². The highest BCUT2D eigenvalue weighted by molar-refractivity contribution is 5.41. The molecular weight excluding hydrogens is 368 g/mol. The fourth-order valence-electron chi connectivity index (χ4n) is 6.67. The molecule has 30 heavy (non-hydrogen) atoms. The van der Waals surface area contributed by atoms with E-state index in [0.717, 1.165) is 42.2 Å². The first-order chi connectivity index (χ1) is 14.0. The topological polar surface area (TPSA) is 40.5 Å². The minimum Gasteiger partial charge on any atom is -0.390 e. The van der Waals surface area contributed by atoms with Crippen molar-refractivity contribution >= 4 is 0 Å². The van der Waals surface area contributed by atoms with Crippen molar-refractivity contribution in [3.05, 3.63) is 47.6 Å². The molecule has 0 spiro atoms. The highest BCUT2D eigenvalue weighted by Crippen LogP contribution is 2.60. The predicted molar refractivity (Wildman–Crippen MR) is 127 cm³/mol. The van der Waals surface area contributed by atoms with Gasteiger partial charge in [0.15, 0.2) is 0 Å². The largest absolute Gasteiger partial charge is 0.390 e. The molecule has 0 amide bonds. The molecule has 0 aromatic carbocycles. The molecule has 0 saturated heterocycles. The smallest absolute Gasteiger partial charge is 0.0791 e. The van der Waals surface area contributed by atoms with Gasteiger partial charge >= 0.3 is 0 Å². The third-order valence-corrected chi connectivity index (χ3v) is 8.45. The highest BCUT2D eigenvalue weighted by atomic mass is 16.3. The lowest BCUT2D eigenvalue weighted by molar-refractivity contribution is 0.0596. The molecule has 1 unspecified atom stereocenters. The van der Waals surface area contributed by atoms with E-state index in [9.17, 15) is 10.2 Å². The van der Waals surface area contributed by atoms with Gasteiger partial charge in [0.1, 0.15) is 0 Å². The van der Waals surface area contributed by atoms with Crippen molar-refractivity contribution in [1.29, 1.82) is 0 Å². The van der Waals surface area contributed by atoms with E-state index in [0.29, 0.717) is 17.8 Å². The molecule has 0 aliphatic heterocycles. The summed E-state index contributed by atoms with van der Waals surface area (Å²) in [6, 6.07) is 0. The molecule has 0 aromatic heterocycles. The van der Waals surface area contributed by atoms with Crippen LogP contribution in [0.1, 0.15) is 91.9 Å². The van der Waals surface area contributed by atoms with E-state index in [2.05, 4.69) is 39.2 Å². The average Bonchev–Trinajstić information content (AvgIpc) is 3.00. The fourth-order valence-corrected chi connectivity index (χ4v) is 6.67. The Morgan fingerprint density at radius 1 is 1.23 bits per heavy atom. The van der Waals surface area contributed by atoms with Gasteiger partial charge in [-0.25, -0.2) is 0 Å². The molecule has 0 aromatic rings. The van der Waals surface area contributed by atoms with Gasteiger partial charge in [-0.05, 0) is 98.7 Å². The van der Waals surface area contributed by atoms with E-state index in [-0.39, 0.29) is 0 Å². The molecule has 3 saturated carbocycles. The Labute approximate surface area is 184 Å². The van der Waals surface area contributed by atoms with Crippen molar-refractivity contribution in [3.63, 3.8) is 0 Å². The third-order valence-electron chi connectivity index (χ3n) is 8.45. The van der Waals surface area contributed by atoms with E-state index in [1.807, 2.05) is 13.8 Å². The van der Waals surface area contributed by atoms with Gasteiger partial charge in [0.2, 0.25) is 0 Å². The van der Waals surface area contributed by atoms with Gasteiger partial charge < -0.3 is 10.2 Å². The molecule has 0 bridgehead atoms. The molecule has 5 atom stereocenters. The van der Waals surface area contributed by atoms with E-state index in [1.165, 1.54) is 44.1 Å². The molecule has 0 heterocycles. The van der Waals surface area contributed by atoms with Crippen LogP contribution in [0.4, 0.5) is 0 Å². The number of hydrogen-bond acceptors (Lipinski definition) is 2. The van der Waals surface area contributed by atoms with Gasteiger partial charge in [-0.1, -0.05) is 57.6 Å². The van der Waals surface area contributed by atoms with Gasteiger partial charge in [-0.3, -0.25) is 0 Å². The molecule has 168 valence electrons. The first kappa shape index (κ1) is 23.5. The molecule has 3 rings (SSSR count). The van der Waals surface area contributed by atoms with Gasteiger partial charge in [0.25, 0.3) is 0 Å². The maximum Gasteiger partial charge on any atom is 0.0791 e. The Morgan fingerprint density at radius 3 is 2.67 bits per heavy atom. The number of fused-ring (bicyclic) bond motifs is 1. The number of allylic oxidation sites excluding steroid dienone is 4. The summed E-state index contributed by atoms with van der Waals surface area (Å²) in [6.07, 6.45) is 15.3. The Kier molecular flexibility index (Phi) is 7.19. The van der Waals surface area contributed by atoms with Crippen molar-refractivity contribution in [2.75, 3.05) is 0 Å². The number of rotatable bonds is 6. The summed E-state index contributed by atoms with van der Waals surface area (Å²) in [5.74, 6) is 2.20. The van der Waals surface area contributed by atoms with Crippen LogP contribution in [0.25, 0.3) is 0 Å². The zero-order valence-corrected chi connectivity index (χ0v) is 19.8. The van der Waals surface area contributed by atoms with Crippen molar-refractivity contribution in [1.82, 2.24) is 0 Å². The SMILES string of the molecule is C=C1CC(=C)[C@H](O)C/C1=C/C=C1\CCCC2(C)[C@@H]([C@H](C)CCCC(C)(C)O)CC[C@@H]12. The van der Waals surface area contributed by atoms with Crippen LogP contribution in [0, 0.1) is 23.2 Å². The quantitative estimate of drug-likeness (QED) is 0.466. The summed E-state index contributed by atoms with van der Waals surface area (Å²) < 4.78 is 0. The second kappa shape index (κ2) is 9.17. The standard InChI is InChI=1S/C28H44O2/c1-19(9-7-15-27(4,5)30)24-13-14-25-22(10-8-16-28(24,25)6)11-12-23-18-26(29)21(3)17-20(23)2/h11-12,19,24-26,29-30H,2-3,7-10,13-18H2,1,4-6H3/b22-11+,23-12-/t19-,24-,25+,26-,28?/m1/s1. The van der Waals surface area contributed by atoms with Crippen LogP contribution in [-0.2, 0) is 0 Å². The summed E-state index contributed by atoms with van der Waals surface area (Å²) in [5.41, 5.74) is 4.70. The Bertz CT molecular complexity index is 719. The molecule has 3 aliphatic rings. The highest BCUT2D eigenvalue weighted by Gasteiger charge is 2.50. The van der Waals surface area contributed by atoms with Gasteiger partial charge in [-0.2, -0.15) is 0 Å². The molecule has 3 aliphatic carbocycles. The summed E-state index contributed by atoms with van der Waals surface area (Å²) >= 11 is 0. The molecule has 0 radical (unpaired) electrons. The van der Waals surface area contributed by atoms with Crippen LogP contribution in [0.15, 0.2) is 47.6 Å². The van der Waals surface area contributed by atoms with Gasteiger partial charge in [0, 0.05) is 6.42 Å². The molecule has 2 nitrogen and oxygen atoms in total. The minimum absolute atomic E-state index is 0.411. The summed E-state index contributed by atoms with van der Waals surface area (Å²) in [6.45, 7) is 17.0. The zero-order chi connectivity index (χ0) is 22.1. The van der Waals surface area contributed by atoms with E-state index in [4.69, 9.17) is 0 Å². The Morgan fingerprint density at radius 2 is 1.97 bits per heavy atom. The number of hydrogen-bond donors (Lipinski definition) is 2. The maximum absolute atomic E-state index is 10.2. The monoisotopic (exact) mass is 412 g/mol. The summed E-state index contributed by atoms with van der Waals surface area (Å²) in [7, 11) is 0. The average molecular weight is 413 g/mol. The molecule has 3 fully saturated rings. The van der Waals surface area contributed by atoms with Crippen molar-refractivity contribution in [2.24, 2.45) is 23.2 Å². The Hall–Kier alpha value is -1.12.